The summed E-state index contributed by atoms with van der Waals surface area (Å²) in [6.45, 7) is 5.57. The minimum Gasteiger partial charge on any atom is -0.370 e. The molecule has 0 aliphatic rings. The molecule has 0 aliphatic heterocycles. The maximum atomic E-state index is 8.96. The summed E-state index contributed by atoms with van der Waals surface area (Å²) in [6.07, 6.45) is 1.57. The van der Waals surface area contributed by atoms with Crippen molar-refractivity contribution in [3.05, 3.63) is 47.3 Å². The lowest BCUT2D eigenvalue weighted by Crippen LogP contribution is -2.20. The third kappa shape index (κ3) is 3.48. The van der Waals surface area contributed by atoms with E-state index >= 15 is 0 Å². The van der Waals surface area contributed by atoms with Crippen LogP contribution < -0.4 is 10.2 Å². The molecule has 0 radical (unpaired) electrons. The number of rotatable bonds is 5. The van der Waals surface area contributed by atoms with Crippen molar-refractivity contribution in [3.63, 3.8) is 0 Å². The Morgan fingerprint density at radius 1 is 1.33 bits per heavy atom. The second kappa shape index (κ2) is 6.71. The Labute approximate surface area is 125 Å². The molecule has 0 unspecified atom stereocenters. The van der Waals surface area contributed by atoms with E-state index in [1.165, 1.54) is 0 Å². The summed E-state index contributed by atoms with van der Waals surface area (Å²) in [4.78, 5) is 10.7. The Kier molecular flexibility index (Phi) is 4.72. The van der Waals surface area contributed by atoms with Gasteiger partial charge in [-0.15, -0.1) is 0 Å². The molecule has 0 spiro atoms. The minimum absolute atomic E-state index is 0.675. The lowest BCUT2D eigenvalue weighted by atomic mass is 10.1. The van der Waals surface area contributed by atoms with Crippen LogP contribution in [0.15, 0.2) is 30.6 Å². The van der Waals surface area contributed by atoms with Gasteiger partial charge in [-0.05, 0) is 31.5 Å². The molecule has 2 aromatic rings. The molecule has 0 atom stereocenters. The second-order valence-electron chi connectivity index (χ2n) is 4.87. The number of nitriles is 1. The van der Waals surface area contributed by atoms with E-state index in [0.717, 1.165) is 29.3 Å². The highest BCUT2D eigenvalue weighted by atomic mass is 15.2. The highest BCUT2D eigenvalue weighted by molar-refractivity contribution is 5.57. The molecular formula is C16H19N5. The number of aromatic nitrogens is 2. The Morgan fingerprint density at radius 2 is 2.14 bits per heavy atom. The molecule has 1 heterocycles. The van der Waals surface area contributed by atoms with Gasteiger partial charge in [0.05, 0.1) is 11.6 Å². The Morgan fingerprint density at radius 3 is 2.86 bits per heavy atom. The summed E-state index contributed by atoms with van der Waals surface area (Å²) in [6, 6.07) is 9.79. The fourth-order valence-corrected chi connectivity index (χ4v) is 2.26. The molecule has 1 aromatic carbocycles. The molecule has 0 bridgehead atoms. The molecular weight excluding hydrogens is 262 g/mol. The van der Waals surface area contributed by atoms with Gasteiger partial charge in [0.25, 0.3) is 0 Å². The number of nitrogens with one attached hydrogen (secondary N) is 1. The molecule has 2 rings (SSSR count). The fourth-order valence-electron chi connectivity index (χ4n) is 2.26. The van der Waals surface area contributed by atoms with Gasteiger partial charge in [-0.3, -0.25) is 0 Å². The molecule has 1 aromatic heterocycles. The zero-order valence-corrected chi connectivity index (χ0v) is 12.6. The summed E-state index contributed by atoms with van der Waals surface area (Å²) < 4.78 is 0. The first-order valence-electron chi connectivity index (χ1n) is 6.91. The van der Waals surface area contributed by atoms with Gasteiger partial charge in [-0.25, -0.2) is 9.97 Å². The fraction of sp³-hybridized carbons (Fsp3) is 0.312. The van der Waals surface area contributed by atoms with Crippen LogP contribution in [0.1, 0.15) is 23.6 Å². The first kappa shape index (κ1) is 14.8. The first-order valence-corrected chi connectivity index (χ1v) is 6.91. The lowest BCUT2D eigenvalue weighted by molar-refractivity contribution is 0.881. The Hall–Kier alpha value is -2.61. The van der Waals surface area contributed by atoms with E-state index in [4.69, 9.17) is 5.26 Å². The number of nitrogens with zero attached hydrogens (tertiary/aromatic N) is 4. The van der Waals surface area contributed by atoms with Crippen molar-refractivity contribution in [2.24, 2.45) is 0 Å². The molecule has 0 amide bonds. The van der Waals surface area contributed by atoms with Gasteiger partial charge in [-0.2, -0.15) is 5.26 Å². The highest BCUT2D eigenvalue weighted by Gasteiger charge is 2.11. The van der Waals surface area contributed by atoms with Crippen LogP contribution in [0.2, 0.25) is 0 Å². The first-order chi connectivity index (χ1) is 10.2. The predicted octanol–water partition coefficient (Wildman–Crippen LogP) is 2.72. The highest BCUT2D eigenvalue weighted by Crippen LogP contribution is 2.22. The Bertz CT molecular complexity index is 660. The van der Waals surface area contributed by atoms with Gasteiger partial charge in [0.15, 0.2) is 0 Å². The smallest absolute Gasteiger partial charge is 0.137 e. The van der Waals surface area contributed by atoms with Crippen LogP contribution in [0.5, 0.6) is 0 Å². The molecule has 5 heteroatoms. The average Bonchev–Trinajstić information content (AvgIpc) is 2.49. The molecule has 21 heavy (non-hydrogen) atoms. The topological polar surface area (TPSA) is 64.8 Å². The maximum Gasteiger partial charge on any atom is 0.137 e. The van der Waals surface area contributed by atoms with Crippen LogP contribution in [0, 0.1) is 18.3 Å². The SMILES string of the molecule is CCNc1ncnc(N(C)Cc2cccc(C#N)c2)c1C. The van der Waals surface area contributed by atoms with Crippen molar-refractivity contribution >= 4 is 11.6 Å². The summed E-state index contributed by atoms with van der Waals surface area (Å²) >= 11 is 0. The van der Waals surface area contributed by atoms with Crippen molar-refractivity contribution in [3.8, 4) is 6.07 Å². The summed E-state index contributed by atoms with van der Waals surface area (Å²) in [5, 5.41) is 12.2. The third-order valence-corrected chi connectivity index (χ3v) is 3.24. The number of benzene rings is 1. The predicted molar refractivity (Wildman–Crippen MR) is 84.2 cm³/mol. The summed E-state index contributed by atoms with van der Waals surface area (Å²) in [5.74, 6) is 1.75. The van der Waals surface area contributed by atoms with Crippen LogP contribution in [-0.4, -0.2) is 23.6 Å². The molecule has 108 valence electrons. The van der Waals surface area contributed by atoms with Gasteiger partial charge in [-0.1, -0.05) is 12.1 Å². The summed E-state index contributed by atoms with van der Waals surface area (Å²) in [7, 11) is 1.99. The van der Waals surface area contributed by atoms with Gasteiger partial charge < -0.3 is 10.2 Å². The van der Waals surface area contributed by atoms with Crippen LogP contribution in [0.25, 0.3) is 0 Å². The quantitative estimate of drug-likeness (QED) is 0.913. The van der Waals surface area contributed by atoms with Crippen molar-refractivity contribution < 1.29 is 0 Å². The van der Waals surface area contributed by atoms with Crippen LogP contribution in [0.3, 0.4) is 0 Å². The standard InChI is InChI=1S/C16H19N5/c1-4-18-15-12(2)16(20-11-19-15)21(3)10-14-7-5-6-13(8-14)9-17/h5-8,11H,4,10H2,1-3H3,(H,18,19,20). The number of anilines is 2. The molecule has 0 saturated heterocycles. The molecule has 1 N–H and O–H groups in total. The molecule has 0 fully saturated rings. The average molecular weight is 281 g/mol. The summed E-state index contributed by atoms with van der Waals surface area (Å²) in [5.41, 5.74) is 2.78. The van der Waals surface area contributed by atoms with E-state index in [9.17, 15) is 0 Å². The Balaban J connectivity index is 2.22. The van der Waals surface area contributed by atoms with E-state index in [0.29, 0.717) is 12.1 Å². The van der Waals surface area contributed by atoms with Crippen LogP contribution in [0.4, 0.5) is 11.6 Å². The van der Waals surface area contributed by atoms with Crippen LogP contribution in [-0.2, 0) is 6.54 Å². The van der Waals surface area contributed by atoms with E-state index in [-0.39, 0.29) is 0 Å². The van der Waals surface area contributed by atoms with Crippen molar-refractivity contribution in [1.82, 2.24) is 9.97 Å². The lowest BCUT2D eigenvalue weighted by Gasteiger charge is -2.21. The van der Waals surface area contributed by atoms with Crippen molar-refractivity contribution in [2.45, 2.75) is 20.4 Å². The van der Waals surface area contributed by atoms with E-state index in [2.05, 4.69) is 26.3 Å². The van der Waals surface area contributed by atoms with Gasteiger partial charge in [0.2, 0.25) is 0 Å². The van der Waals surface area contributed by atoms with Gasteiger partial charge in [0, 0.05) is 25.7 Å². The van der Waals surface area contributed by atoms with E-state index < -0.39 is 0 Å². The van der Waals surface area contributed by atoms with Gasteiger partial charge in [0.1, 0.15) is 18.0 Å². The zero-order chi connectivity index (χ0) is 15.2. The normalized spacial score (nSPS) is 10.0. The largest absolute Gasteiger partial charge is 0.370 e. The number of hydrogen-bond donors (Lipinski definition) is 1. The van der Waals surface area contributed by atoms with E-state index in [1.807, 2.05) is 45.2 Å². The molecule has 5 nitrogen and oxygen atoms in total. The zero-order valence-electron chi connectivity index (χ0n) is 12.6. The third-order valence-electron chi connectivity index (χ3n) is 3.24. The minimum atomic E-state index is 0.675. The van der Waals surface area contributed by atoms with Crippen molar-refractivity contribution in [2.75, 3.05) is 23.8 Å². The monoisotopic (exact) mass is 281 g/mol. The number of hydrogen-bond acceptors (Lipinski definition) is 5. The van der Waals surface area contributed by atoms with E-state index in [1.54, 1.807) is 6.33 Å². The van der Waals surface area contributed by atoms with Crippen molar-refractivity contribution in [1.29, 1.82) is 5.26 Å². The van der Waals surface area contributed by atoms with Gasteiger partial charge >= 0.3 is 0 Å². The van der Waals surface area contributed by atoms with Crippen LogP contribution >= 0.6 is 0 Å². The molecule has 0 aliphatic carbocycles. The maximum absolute atomic E-state index is 8.96. The second-order valence-corrected chi connectivity index (χ2v) is 4.87. The molecule has 0 saturated carbocycles.